The van der Waals surface area contributed by atoms with Crippen molar-refractivity contribution in [2.75, 3.05) is 0 Å². The molecule has 4 atom stereocenters. The Bertz CT molecular complexity index is 1410. The van der Waals surface area contributed by atoms with Gasteiger partial charge in [-0.3, -0.25) is 19.2 Å². The molecule has 2 aromatic carbocycles. The molecule has 0 aliphatic heterocycles. The van der Waals surface area contributed by atoms with Crippen LogP contribution in [-0.2, 0) is 36.8 Å². The summed E-state index contributed by atoms with van der Waals surface area (Å²) >= 11 is 0. The molecule has 1 heterocycles. The van der Waals surface area contributed by atoms with Crippen LogP contribution in [0.25, 0.3) is 10.9 Å². The van der Waals surface area contributed by atoms with E-state index in [1.807, 2.05) is 38.1 Å². The highest BCUT2D eigenvalue weighted by atomic mass is 16.4. The van der Waals surface area contributed by atoms with E-state index in [2.05, 4.69) is 20.9 Å². The topological polar surface area (TPSA) is 209 Å². The van der Waals surface area contributed by atoms with Crippen molar-refractivity contribution in [3.8, 4) is 0 Å². The number of amides is 4. The van der Waals surface area contributed by atoms with Crippen LogP contribution in [0.5, 0.6) is 0 Å². The second kappa shape index (κ2) is 14.8. The summed E-state index contributed by atoms with van der Waals surface area (Å²) in [5, 5.41) is 18.1. The first-order chi connectivity index (χ1) is 19.9. The third kappa shape index (κ3) is 9.16. The number of para-hydroxylation sites is 1. The van der Waals surface area contributed by atoms with Gasteiger partial charge in [0.2, 0.25) is 23.6 Å². The van der Waals surface area contributed by atoms with E-state index in [0.29, 0.717) is 12.0 Å². The maximum atomic E-state index is 13.7. The molecule has 0 saturated carbocycles. The van der Waals surface area contributed by atoms with Gasteiger partial charge in [-0.05, 0) is 29.5 Å². The summed E-state index contributed by atoms with van der Waals surface area (Å²) in [7, 11) is 0. The predicted octanol–water partition coefficient (Wildman–Crippen LogP) is 0.741. The third-order valence-electron chi connectivity index (χ3n) is 6.73. The van der Waals surface area contributed by atoms with E-state index in [-0.39, 0.29) is 18.8 Å². The molecule has 0 spiro atoms. The Kier molecular flexibility index (Phi) is 11.2. The molecule has 0 aliphatic carbocycles. The first-order valence-corrected chi connectivity index (χ1v) is 13.7. The minimum atomic E-state index is -1.58. The van der Waals surface area contributed by atoms with Crippen molar-refractivity contribution in [3.63, 3.8) is 0 Å². The lowest BCUT2D eigenvalue weighted by Crippen LogP contribution is -2.58. The molecule has 9 N–H and O–H groups in total. The minimum absolute atomic E-state index is 0.0158. The number of aliphatic carboxylic acids is 1. The maximum absolute atomic E-state index is 13.7. The first-order valence-electron chi connectivity index (χ1n) is 13.7. The fourth-order valence-corrected chi connectivity index (χ4v) is 4.63. The number of fused-ring (bicyclic) bond motifs is 1. The van der Waals surface area contributed by atoms with Crippen LogP contribution in [0.15, 0.2) is 60.8 Å². The maximum Gasteiger partial charge on any atom is 0.326 e. The molecule has 12 nitrogen and oxygen atoms in total. The average Bonchev–Trinajstić information content (AvgIpc) is 3.34. The normalized spacial score (nSPS) is 14.0. The van der Waals surface area contributed by atoms with E-state index >= 15 is 0 Å². The number of H-pyrrole nitrogens is 1. The fraction of sp³-hybridized carbons (Fsp3) is 0.367. The highest BCUT2D eigenvalue weighted by molar-refractivity contribution is 5.95. The molecular formula is C30H38N6O6. The Morgan fingerprint density at radius 2 is 1.38 bits per heavy atom. The number of nitrogens with one attached hydrogen (secondary N) is 4. The van der Waals surface area contributed by atoms with Gasteiger partial charge in [0.1, 0.15) is 18.1 Å². The van der Waals surface area contributed by atoms with Gasteiger partial charge in [-0.2, -0.15) is 0 Å². The van der Waals surface area contributed by atoms with Gasteiger partial charge < -0.3 is 37.5 Å². The molecular weight excluding hydrogens is 540 g/mol. The summed E-state index contributed by atoms with van der Waals surface area (Å²) < 4.78 is 0. The highest BCUT2D eigenvalue weighted by Crippen LogP contribution is 2.19. The van der Waals surface area contributed by atoms with Crippen molar-refractivity contribution in [1.29, 1.82) is 0 Å². The average molecular weight is 579 g/mol. The Balaban J connectivity index is 1.89. The molecule has 0 aliphatic rings. The summed E-state index contributed by atoms with van der Waals surface area (Å²) in [5.74, 6) is -4.22. The Morgan fingerprint density at radius 1 is 0.810 bits per heavy atom. The van der Waals surface area contributed by atoms with Gasteiger partial charge in [0.25, 0.3) is 0 Å². The molecule has 4 unspecified atom stereocenters. The molecule has 42 heavy (non-hydrogen) atoms. The Morgan fingerprint density at radius 3 is 2.00 bits per heavy atom. The molecule has 0 bridgehead atoms. The molecule has 1 aromatic heterocycles. The van der Waals surface area contributed by atoms with Crippen LogP contribution in [0.1, 0.15) is 37.8 Å². The summed E-state index contributed by atoms with van der Waals surface area (Å²) in [4.78, 5) is 66.2. The van der Waals surface area contributed by atoms with Crippen LogP contribution in [0.3, 0.4) is 0 Å². The van der Waals surface area contributed by atoms with Crippen LogP contribution in [0.4, 0.5) is 0 Å². The molecule has 3 rings (SSSR count). The molecule has 4 amide bonds. The van der Waals surface area contributed by atoms with Crippen molar-refractivity contribution in [2.45, 2.75) is 63.7 Å². The third-order valence-corrected chi connectivity index (χ3v) is 6.73. The van der Waals surface area contributed by atoms with E-state index in [4.69, 9.17) is 11.5 Å². The number of benzene rings is 2. The van der Waals surface area contributed by atoms with Crippen molar-refractivity contribution < 1.29 is 29.1 Å². The van der Waals surface area contributed by atoms with Crippen molar-refractivity contribution in [2.24, 2.45) is 17.4 Å². The lowest BCUT2D eigenvalue weighted by atomic mass is 10.00. The number of rotatable bonds is 15. The zero-order chi connectivity index (χ0) is 30.8. The SMILES string of the molecule is CC(C)CC(N)C(=O)NC(Cc1c[nH]c2ccccc12)C(=O)NC(Cc1ccccc1)C(=O)NC(CC(N)=O)C(=O)O. The van der Waals surface area contributed by atoms with Gasteiger partial charge in [-0.15, -0.1) is 0 Å². The number of carbonyl (C=O) groups excluding carboxylic acids is 4. The Labute approximate surface area is 243 Å². The molecule has 224 valence electrons. The number of nitrogens with two attached hydrogens (primary N) is 2. The number of aromatic nitrogens is 1. The van der Waals surface area contributed by atoms with E-state index < -0.39 is 60.2 Å². The summed E-state index contributed by atoms with van der Waals surface area (Å²) in [5.41, 5.74) is 13.6. The van der Waals surface area contributed by atoms with Gasteiger partial charge in [-0.1, -0.05) is 62.4 Å². The van der Waals surface area contributed by atoms with Crippen LogP contribution in [0, 0.1) is 5.92 Å². The van der Waals surface area contributed by atoms with Crippen molar-refractivity contribution in [1.82, 2.24) is 20.9 Å². The van der Waals surface area contributed by atoms with E-state index in [0.717, 1.165) is 16.5 Å². The first kappa shape index (κ1) is 31.8. The number of carboxylic acids is 1. The highest BCUT2D eigenvalue weighted by Gasteiger charge is 2.31. The van der Waals surface area contributed by atoms with Gasteiger partial charge in [0.05, 0.1) is 12.5 Å². The van der Waals surface area contributed by atoms with Gasteiger partial charge in [0, 0.05) is 29.9 Å². The lowest BCUT2D eigenvalue weighted by molar-refractivity contribution is -0.143. The monoisotopic (exact) mass is 578 g/mol. The minimum Gasteiger partial charge on any atom is -0.480 e. The molecule has 3 aromatic rings. The summed E-state index contributed by atoms with van der Waals surface area (Å²) in [6.07, 6.45) is 1.64. The smallest absolute Gasteiger partial charge is 0.326 e. The van der Waals surface area contributed by atoms with Crippen LogP contribution < -0.4 is 27.4 Å². The van der Waals surface area contributed by atoms with Crippen molar-refractivity contribution in [3.05, 3.63) is 71.9 Å². The number of hydrogen-bond donors (Lipinski definition) is 7. The number of primary amides is 1. The second-order valence-corrected chi connectivity index (χ2v) is 10.7. The lowest BCUT2D eigenvalue weighted by Gasteiger charge is -2.25. The molecule has 12 heteroatoms. The number of carbonyl (C=O) groups is 5. The molecule has 0 fully saturated rings. The Hall–Kier alpha value is -4.71. The van der Waals surface area contributed by atoms with E-state index in [9.17, 15) is 29.1 Å². The van der Waals surface area contributed by atoms with E-state index in [1.165, 1.54) is 0 Å². The zero-order valence-electron chi connectivity index (χ0n) is 23.6. The summed E-state index contributed by atoms with van der Waals surface area (Å²) in [6, 6.07) is 11.5. The van der Waals surface area contributed by atoms with Gasteiger partial charge in [-0.25, -0.2) is 4.79 Å². The fourth-order valence-electron chi connectivity index (χ4n) is 4.63. The molecule has 0 radical (unpaired) electrons. The zero-order valence-corrected chi connectivity index (χ0v) is 23.6. The molecule has 0 saturated heterocycles. The van der Waals surface area contributed by atoms with Crippen LogP contribution in [-0.4, -0.2) is 63.9 Å². The van der Waals surface area contributed by atoms with Gasteiger partial charge >= 0.3 is 5.97 Å². The van der Waals surface area contributed by atoms with Gasteiger partial charge in [0.15, 0.2) is 0 Å². The predicted molar refractivity (Wildman–Crippen MR) is 157 cm³/mol. The number of aromatic amines is 1. The summed E-state index contributed by atoms with van der Waals surface area (Å²) in [6.45, 7) is 3.86. The number of hydrogen-bond acceptors (Lipinski definition) is 6. The largest absolute Gasteiger partial charge is 0.480 e. The van der Waals surface area contributed by atoms with Crippen LogP contribution >= 0.6 is 0 Å². The van der Waals surface area contributed by atoms with Crippen molar-refractivity contribution >= 4 is 40.5 Å². The second-order valence-electron chi connectivity index (χ2n) is 10.7. The van der Waals surface area contributed by atoms with E-state index in [1.54, 1.807) is 36.5 Å². The van der Waals surface area contributed by atoms with Crippen LogP contribution in [0.2, 0.25) is 0 Å². The number of carboxylic acid groups (broad SMARTS) is 1. The quantitative estimate of drug-likeness (QED) is 0.137. The standard InChI is InChI=1S/C30H38N6O6/c1-17(2)12-21(31)27(38)34-24(14-19-16-33-22-11-7-6-10-20(19)22)29(40)35-23(13-18-8-4-3-5-9-18)28(39)36-25(30(41)42)15-26(32)37/h3-11,16-17,21,23-25,33H,12-15,31H2,1-2H3,(H2,32,37)(H,34,38)(H,35,40)(H,36,39)(H,41,42).